The Morgan fingerprint density at radius 1 is 1.23 bits per heavy atom. The fourth-order valence-corrected chi connectivity index (χ4v) is 2.25. The minimum Gasteiger partial charge on any atom is -0.422 e. The number of rotatable bonds is 4. The molecule has 130 valence electrons. The molecule has 0 unspecified atom stereocenters. The Kier molecular flexibility index (Phi) is 5.56. The lowest BCUT2D eigenvalue weighted by molar-refractivity contribution is -0.129. The van der Waals surface area contributed by atoms with Crippen molar-refractivity contribution in [3.05, 3.63) is 58.4 Å². The molecular formula is C19H16N4O3. The summed E-state index contributed by atoms with van der Waals surface area (Å²) >= 11 is 0. The van der Waals surface area contributed by atoms with Gasteiger partial charge in [0.15, 0.2) is 0 Å². The molecule has 0 aliphatic rings. The van der Waals surface area contributed by atoms with Gasteiger partial charge in [-0.3, -0.25) is 4.79 Å². The summed E-state index contributed by atoms with van der Waals surface area (Å²) in [5.74, 6) is -0.860. The van der Waals surface area contributed by atoms with Crippen LogP contribution in [0.15, 0.2) is 35.9 Å². The molecule has 0 aliphatic heterocycles. The first-order valence-electron chi connectivity index (χ1n) is 7.63. The lowest BCUT2D eigenvalue weighted by Gasteiger charge is -2.05. The summed E-state index contributed by atoms with van der Waals surface area (Å²) in [6, 6.07) is 11.4. The summed E-state index contributed by atoms with van der Waals surface area (Å²) in [5, 5.41) is 20.8. The Labute approximate surface area is 150 Å². The standard InChI is InChI=1S/C19H16N4O3/c1-12-14(9-16(11-21)23(12)3)8-15(10-20)19(25)26-17-6-4-13(5-7-17)18(24)22-2/h4-9H,1-3H3,(H,22,24). The molecule has 0 saturated heterocycles. The van der Waals surface area contributed by atoms with Crippen molar-refractivity contribution in [3.8, 4) is 17.9 Å². The summed E-state index contributed by atoms with van der Waals surface area (Å²) in [5.41, 5.74) is 1.99. The zero-order chi connectivity index (χ0) is 19.3. The second-order valence-corrected chi connectivity index (χ2v) is 5.40. The quantitative estimate of drug-likeness (QED) is 0.394. The van der Waals surface area contributed by atoms with E-state index in [1.165, 1.54) is 37.4 Å². The SMILES string of the molecule is CNC(=O)c1ccc(OC(=O)C(C#N)=Cc2cc(C#N)n(C)c2C)cc1. The number of carbonyl (C=O) groups excluding carboxylic acids is 2. The number of nitrogens with zero attached hydrogens (tertiary/aromatic N) is 3. The largest absolute Gasteiger partial charge is 0.422 e. The second kappa shape index (κ2) is 7.82. The van der Waals surface area contributed by atoms with Crippen LogP contribution in [0.1, 0.15) is 27.3 Å². The number of benzene rings is 1. The zero-order valence-corrected chi connectivity index (χ0v) is 14.5. The molecule has 0 bridgehead atoms. The average molecular weight is 348 g/mol. The number of nitrogens with one attached hydrogen (secondary N) is 1. The van der Waals surface area contributed by atoms with Crippen LogP contribution in [0.25, 0.3) is 6.08 Å². The van der Waals surface area contributed by atoms with E-state index in [2.05, 4.69) is 5.32 Å². The predicted molar refractivity (Wildman–Crippen MR) is 93.9 cm³/mol. The van der Waals surface area contributed by atoms with E-state index in [1.807, 2.05) is 12.1 Å². The maximum absolute atomic E-state index is 12.2. The van der Waals surface area contributed by atoms with Crippen LogP contribution in [0, 0.1) is 29.6 Å². The van der Waals surface area contributed by atoms with Crippen LogP contribution >= 0.6 is 0 Å². The van der Waals surface area contributed by atoms with Crippen molar-refractivity contribution < 1.29 is 14.3 Å². The van der Waals surface area contributed by atoms with Crippen molar-refractivity contribution in [3.63, 3.8) is 0 Å². The van der Waals surface area contributed by atoms with Crippen molar-refractivity contribution in [2.24, 2.45) is 7.05 Å². The first-order valence-corrected chi connectivity index (χ1v) is 7.63. The third-order valence-corrected chi connectivity index (χ3v) is 3.88. The van der Waals surface area contributed by atoms with Gasteiger partial charge in [-0.25, -0.2) is 4.79 Å². The highest BCUT2D eigenvalue weighted by Crippen LogP contribution is 2.19. The molecule has 0 atom stereocenters. The number of nitriles is 2. The number of esters is 1. The number of aromatic nitrogens is 1. The van der Waals surface area contributed by atoms with E-state index in [9.17, 15) is 14.9 Å². The molecule has 0 radical (unpaired) electrons. The molecule has 0 spiro atoms. The minimum atomic E-state index is -0.818. The maximum atomic E-state index is 12.2. The van der Waals surface area contributed by atoms with Crippen molar-refractivity contribution in [1.82, 2.24) is 9.88 Å². The van der Waals surface area contributed by atoms with E-state index in [0.717, 1.165) is 5.69 Å². The number of hydrogen-bond donors (Lipinski definition) is 1. The molecule has 7 heteroatoms. The third-order valence-electron chi connectivity index (χ3n) is 3.88. The van der Waals surface area contributed by atoms with Crippen LogP contribution in [0.2, 0.25) is 0 Å². The Morgan fingerprint density at radius 3 is 2.38 bits per heavy atom. The molecule has 1 aromatic carbocycles. The Hall–Kier alpha value is -3.84. The first kappa shape index (κ1) is 18.5. The molecule has 2 rings (SSSR count). The van der Waals surface area contributed by atoms with E-state index >= 15 is 0 Å². The Bertz CT molecular complexity index is 970. The Balaban J connectivity index is 2.23. The van der Waals surface area contributed by atoms with Gasteiger partial charge in [0.25, 0.3) is 5.91 Å². The van der Waals surface area contributed by atoms with Gasteiger partial charge >= 0.3 is 5.97 Å². The predicted octanol–water partition coefficient (Wildman–Crippen LogP) is 2.08. The van der Waals surface area contributed by atoms with Gasteiger partial charge in [0.1, 0.15) is 29.2 Å². The second-order valence-electron chi connectivity index (χ2n) is 5.40. The average Bonchev–Trinajstić information content (AvgIpc) is 2.93. The monoisotopic (exact) mass is 348 g/mol. The highest BCUT2D eigenvalue weighted by molar-refractivity contribution is 5.99. The van der Waals surface area contributed by atoms with Crippen LogP contribution in [-0.2, 0) is 11.8 Å². The molecule has 0 saturated carbocycles. The molecular weight excluding hydrogens is 332 g/mol. The number of ether oxygens (including phenoxy) is 1. The summed E-state index contributed by atoms with van der Waals surface area (Å²) in [7, 11) is 3.24. The van der Waals surface area contributed by atoms with Crippen molar-refractivity contribution in [2.75, 3.05) is 7.05 Å². The molecule has 7 nitrogen and oxygen atoms in total. The van der Waals surface area contributed by atoms with Crippen LogP contribution in [-0.4, -0.2) is 23.5 Å². The minimum absolute atomic E-state index is 0.196. The first-order chi connectivity index (χ1) is 12.4. The lowest BCUT2D eigenvalue weighted by Crippen LogP contribution is -2.17. The summed E-state index contributed by atoms with van der Waals surface area (Å²) in [6.45, 7) is 1.78. The number of hydrogen-bond acceptors (Lipinski definition) is 5. The fourth-order valence-electron chi connectivity index (χ4n) is 2.25. The van der Waals surface area contributed by atoms with Crippen molar-refractivity contribution in [2.45, 2.75) is 6.92 Å². The molecule has 1 N–H and O–H groups in total. The van der Waals surface area contributed by atoms with Crippen LogP contribution in [0.4, 0.5) is 0 Å². The van der Waals surface area contributed by atoms with Gasteiger partial charge in [-0.15, -0.1) is 0 Å². The van der Waals surface area contributed by atoms with Gasteiger partial charge in [0.2, 0.25) is 0 Å². The third kappa shape index (κ3) is 3.80. The molecule has 1 amide bonds. The van der Waals surface area contributed by atoms with Gasteiger partial charge in [-0.05, 0) is 48.9 Å². The summed E-state index contributed by atoms with van der Waals surface area (Å²) in [4.78, 5) is 23.7. The van der Waals surface area contributed by atoms with Crippen molar-refractivity contribution in [1.29, 1.82) is 10.5 Å². The molecule has 1 heterocycles. The zero-order valence-electron chi connectivity index (χ0n) is 14.5. The molecule has 26 heavy (non-hydrogen) atoms. The fraction of sp³-hybridized carbons (Fsp3) is 0.158. The number of carbonyl (C=O) groups is 2. The van der Waals surface area contributed by atoms with Crippen LogP contribution < -0.4 is 10.1 Å². The smallest absolute Gasteiger partial charge is 0.354 e. The number of amides is 1. The summed E-state index contributed by atoms with van der Waals surface area (Å²) in [6.07, 6.45) is 1.39. The van der Waals surface area contributed by atoms with Crippen molar-refractivity contribution >= 4 is 18.0 Å². The molecule has 2 aromatic rings. The van der Waals surface area contributed by atoms with E-state index in [4.69, 9.17) is 10.00 Å². The van der Waals surface area contributed by atoms with E-state index in [-0.39, 0.29) is 17.2 Å². The van der Waals surface area contributed by atoms with Gasteiger partial charge < -0.3 is 14.6 Å². The maximum Gasteiger partial charge on any atom is 0.354 e. The molecule has 0 fully saturated rings. The van der Waals surface area contributed by atoms with E-state index in [1.54, 1.807) is 24.6 Å². The Morgan fingerprint density at radius 2 is 1.88 bits per heavy atom. The highest BCUT2D eigenvalue weighted by atomic mass is 16.5. The van der Waals surface area contributed by atoms with Gasteiger partial charge in [-0.1, -0.05) is 0 Å². The van der Waals surface area contributed by atoms with E-state index < -0.39 is 5.97 Å². The van der Waals surface area contributed by atoms with E-state index in [0.29, 0.717) is 16.8 Å². The lowest BCUT2D eigenvalue weighted by atomic mass is 10.1. The molecule has 0 aliphatic carbocycles. The van der Waals surface area contributed by atoms with Crippen LogP contribution in [0.3, 0.4) is 0 Å². The molecule has 1 aromatic heterocycles. The normalized spacial score (nSPS) is 10.6. The van der Waals surface area contributed by atoms with Gasteiger partial charge in [0.05, 0.1) is 0 Å². The summed E-state index contributed by atoms with van der Waals surface area (Å²) < 4.78 is 6.85. The highest BCUT2D eigenvalue weighted by Gasteiger charge is 2.15. The van der Waals surface area contributed by atoms with Gasteiger partial charge in [-0.2, -0.15) is 10.5 Å². The topological polar surface area (TPSA) is 108 Å². The van der Waals surface area contributed by atoms with Gasteiger partial charge in [0, 0.05) is 25.4 Å². The van der Waals surface area contributed by atoms with Crippen LogP contribution in [0.5, 0.6) is 5.75 Å².